The second-order valence-electron chi connectivity index (χ2n) is 9.48. The van der Waals surface area contributed by atoms with Crippen molar-refractivity contribution in [3.63, 3.8) is 0 Å². The lowest BCUT2D eigenvalue weighted by Gasteiger charge is -2.31. The van der Waals surface area contributed by atoms with Crippen molar-refractivity contribution in [2.75, 3.05) is 26.7 Å². The second-order valence-corrected chi connectivity index (χ2v) is 10.2. The summed E-state index contributed by atoms with van der Waals surface area (Å²) in [5, 5.41) is 23.3. The lowest BCUT2D eigenvalue weighted by Crippen LogP contribution is -2.58. The molecule has 0 aromatic heterocycles. The van der Waals surface area contributed by atoms with Crippen molar-refractivity contribution in [1.82, 2.24) is 31.3 Å². The first-order chi connectivity index (χ1) is 18.2. The molecule has 1 heterocycles. The maximum absolute atomic E-state index is 12.2. The number of carbonyl (C=O) groups is 5. The number of hydrogen-bond donors (Lipinski definition) is 9. The summed E-state index contributed by atoms with van der Waals surface area (Å²) in [7, 11) is 1.55. The summed E-state index contributed by atoms with van der Waals surface area (Å²) in [5.74, 6) is -1.19. The maximum Gasteiger partial charge on any atom is 0.320 e. The van der Waals surface area contributed by atoms with Gasteiger partial charge in [0.1, 0.15) is 6.04 Å². The minimum atomic E-state index is -0.974. The van der Waals surface area contributed by atoms with Gasteiger partial charge in [-0.1, -0.05) is 19.2 Å². The molecule has 1 aliphatic rings. The molecule has 14 heteroatoms. The predicted molar refractivity (Wildman–Crippen MR) is 151 cm³/mol. The molecule has 4 unspecified atom stereocenters. The molecular weight excluding hydrogens is 532 g/mol. The number of nitrogens with one attached hydrogen (secondary N) is 6. The van der Waals surface area contributed by atoms with Crippen LogP contribution in [0.15, 0.2) is 0 Å². The lowest BCUT2D eigenvalue weighted by atomic mass is 10.0. The number of aliphatic carboxylic acids is 1. The third-order valence-electron chi connectivity index (χ3n) is 6.48. The van der Waals surface area contributed by atoms with Crippen molar-refractivity contribution >= 4 is 54.2 Å². The van der Waals surface area contributed by atoms with Crippen molar-refractivity contribution < 1.29 is 29.1 Å². The average Bonchev–Trinajstić information content (AvgIpc) is 2.87. The van der Waals surface area contributed by atoms with E-state index in [9.17, 15) is 24.0 Å². The van der Waals surface area contributed by atoms with Crippen LogP contribution in [0.25, 0.3) is 0 Å². The number of carbonyl (C=O) groups excluding carboxylic acids is 4. The van der Waals surface area contributed by atoms with Gasteiger partial charge < -0.3 is 31.7 Å². The fourth-order valence-electron chi connectivity index (χ4n) is 4.14. The Hall–Kier alpha value is -1.87. The van der Waals surface area contributed by atoms with Crippen LogP contribution in [0.2, 0.25) is 0 Å². The summed E-state index contributed by atoms with van der Waals surface area (Å²) in [6.07, 6.45) is 6.56. The van der Waals surface area contributed by atoms with Crippen molar-refractivity contribution in [3.8, 4) is 0 Å². The van der Waals surface area contributed by atoms with E-state index in [2.05, 4.69) is 56.7 Å². The fourth-order valence-corrected chi connectivity index (χ4v) is 4.68. The Labute approximate surface area is 235 Å². The second kappa shape index (κ2) is 20.1. The number of hydrogen-bond acceptors (Lipinski definition) is 9. The summed E-state index contributed by atoms with van der Waals surface area (Å²) in [6, 6.07) is -1.38. The minimum Gasteiger partial charge on any atom is -0.480 e. The molecular formula is C24H44N6O6S2. The highest BCUT2D eigenvalue weighted by Gasteiger charge is 2.28. The van der Waals surface area contributed by atoms with Crippen molar-refractivity contribution in [2.24, 2.45) is 0 Å². The zero-order valence-electron chi connectivity index (χ0n) is 22.1. The van der Waals surface area contributed by atoms with Crippen LogP contribution in [0.5, 0.6) is 0 Å². The number of amides is 3. The first-order valence-corrected chi connectivity index (χ1v) is 14.2. The van der Waals surface area contributed by atoms with E-state index in [1.165, 1.54) is 0 Å². The minimum absolute atomic E-state index is 0.0134. The molecule has 0 saturated carbocycles. The third kappa shape index (κ3) is 14.9. The van der Waals surface area contributed by atoms with Crippen LogP contribution < -0.4 is 31.3 Å². The molecule has 0 aromatic carbocycles. The Balaban J connectivity index is 2.07. The van der Waals surface area contributed by atoms with Gasteiger partial charge in [-0.05, 0) is 58.4 Å². The van der Waals surface area contributed by atoms with Crippen molar-refractivity contribution in [2.45, 2.75) is 94.8 Å². The highest BCUT2D eigenvalue weighted by Crippen LogP contribution is 2.11. The quantitative estimate of drug-likeness (QED) is 0.0667. The lowest BCUT2D eigenvalue weighted by molar-refractivity contribution is -0.139. The Morgan fingerprint density at radius 1 is 0.947 bits per heavy atom. The van der Waals surface area contributed by atoms with Crippen LogP contribution in [-0.2, 0) is 24.0 Å². The maximum atomic E-state index is 12.2. The summed E-state index contributed by atoms with van der Waals surface area (Å²) >= 11 is 7.80. The Kier molecular flexibility index (Phi) is 18.1. The molecule has 0 spiro atoms. The molecule has 3 amide bonds. The number of unbranched alkanes of at least 4 members (excludes halogenated alkanes) is 3. The number of likely N-dealkylation sites (N-methyl/N-ethyl adjacent to an activating group) is 1. The molecule has 4 atom stereocenters. The van der Waals surface area contributed by atoms with E-state index in [0.29, 0.717) is 45.3 Å². The van der Waals surface area contributed by atoms with E-state index in [-0.39, 0.29) is 47.8 Å². The van der Waals surface area contributed by atoms with Gasteiger partial charge in [-0.3, -0.25) is 28.7 Å². The van der Waals surface area contributed by atoms with Gasteiger partial charge in [0, 0.05) is 38.5 Å². The zero-order valence-corrected chi connectivity index (χ0v) is 23.9. The van der Waals surface area contributed by atoms with Crippen molar-refractivity contribution in [1.29, 1.82) is 0 Å². The predicted octanol–water partition coefficient (Wildman–Crippen LogP) is -0.101. The number of piperazine rings is 1. The summed E-state index contributed by atoms with van der Waals surface area (Å²) in [6.45, 7) is 1.57. The van der Waals surface area contributed by atoms with Gasteiger partial charge in [0.25, 0.3) is 0 Å². The topological polar surface area (TPSA) is 178 Å². The number of carboxylic acid groups (broad SMARTS) is 1. The molecule has 38 heavy (non-hydrogen) atoms. The summed E-state index contributed by atoms with van der Waals surface area (Å²) < 4.78 is 2.64. The number of rotatable bonds is 21. The largest absolute Gasteiger partial charge is 0.480 e. The smallest absolute Gasteiger partial charge is 0.320 e. The molecule has 1 fully saturated rings. The van der Waals surface area contributed by atoms with E-state index >= 15 is 0 Å². The number of thiol groups is 2. The van der Waals surface area contributed by atoms with E-state index < -0.39 is 18.1 Å². The Morgan fingerprint density at radius 2 is 1.61 bits per heavy atom. The third-order valence-corrected chi connectivity index (χ3v) is 7.11. The molecule has 0 aliphatic carbocycles. The van der Waals surface area contributed by atoms with Crippen LogP contribution in [-0.4, -0.2) is 84.8 Å². The van der Waals surface area contributed by atoms with Gasteiger partial charge in [0.05, 0.1) is 12.1 Å². The van der Waals surface area contributed by atoms with Gasteiger partial charge in [-0.25, -0.2) is 0 Å². The molecule has 7 N–H and O–H groups in total. The van der Waals surface area contributed by atoms with Gasteiger partial charge in [-0.15, -0.1) is 12.6 Å². The van der Waals surface area contributed by atoms with Gasteiger partial charge in [0.2, 0.25) is 22.8 Å². The zero-order chi connectivity index (χ0) is 28.3. The fraction of sp³-hybridized carbons (Fsp3) is 0.792. The van der Waals surface area contributed by atoms with E-state index in [1.54, 1.807) is 7.05 Å². The standard InChI is InChI=1S/C24H44N6O6S2/c1-25-18(23(34)35)11-12-21(32)27-13-5-2-3-8-20(31)26-14-6-4-7-17-22(33)28-15-16(29-17)9-10-19(30-38)24(36)37/h16-19,25,29-30,38H,2-15H2,1H3,(H,26,31)(H,27,32)(H,28,33)(H,34,35)(H,36,37). The van der Waals surface area contributed by atoms with Crippen LogP contribution >= 0.6 is 25.4 Å². The molecule has 1 saturated heterocycles. The normalized spacial score (nSPS) is 18.8. The van der Waals surface area contributed by atoms with Gasteiger partial charge in [0.15, 0.2) is 0 Å². The van der Waals surface area contributed by atoms with E-state index in [4.69, 9.17) is 5.11 Å². The molecule has 12 nitrogen and oxygen atoms in total. The summed E-state index contributed by atoms with van der Waals surface area (Å²) in [4.78, 5) is 58.3. The van der Waals surface area contributed by atoms with Crippen LogP contribution in [0, 0.1) is 0 Å². The summed E-state index contributed by atoms with van der Waals surface area (Å²) in [5.41, 5.74) is 0. The van der Waals surface area contributed by atoms with Gasteiger partial charge >= 0.3 is 5.97 Å². The molecule has 0 aromatic rings. The first kappa shape index (κ1) is 34.2. The number of carboxylic acids is 1. The van der Waals surface area contributed by atoms with Crippen LogP contribution in [0.4, 0.5) is 0 Å². The van der Waals surface area contributed by atoms with E-state index in [1.807, 2.05) is 0 Å². The Bertz CT molecular complexity index is 775. The molecule has 218 valence electrons. The highest BCUT2D eigenvalue weighted by atomic mass is 32.1. The average molecular weight is 577 g/mol. The first-order valence-electron chi connectivity index (χ1n) is 13.3. The van der Waals surface area contributed by atoms with Crippen LogP contribution in [0.3, 0.4) is 0 Å². The van der Waals surface area contributed by atoms with Gasteiger partial charge in [-0.2, -0.15) is 0 Å². The highest BCUT2D eigenvalue weighted by molar-refractivity contribution is 7.96. The van der Waals surface area contributed by atoms with E-state index in [0.717, 1.165) is 32.1 Å². The monoisotopic (exact) mass is 576 g/mol. The SMILES string of the molecule is CNC(CCC(=O)NCCCCCC(=O)NCCCCC1NC(CCC(NS)C(=O)S)CNC1=O)C(=O)O. The molecule has 1 rings (SSSR count). The molecule has 0 radical (unpaired) electrons. The molecule has 0 bridgehead atoms. The van der Waals surface area contributed by atoms with Crippen molar-refractivity contribution in [3.05, 3.63) is 0 Å². The molecule has 1 aliphatic heterocycles. The van der Waals surface area contributed by atoms with Crippen LogP contribution in [0.1, 0.15) is 70.6 Å². The Morgan fingerprint density at radius 3 is 2.21 bits per heavy atom.